The molecule has 0 fully saturated rings. The van der Waals surface area contributed by atoms with Crippen LogP contribution in [0.4, 0.5) is 5.69 Å². The van der Waals surface area contributed by atoms with Crippen molar-refractivity contribution in [2.45, 2.75) is 6.61 Å². The van der Waals surface area contributed by atoms with Gasteiger partial charge in [0.1, 0.15) is 0 Å². The predicted octanol–water partition coefficient (Wildman–Crippen LogP) is 3.52. The summed E-state index contributed by atoms with van der Waals surface area (Å²) in [6.07, 6.45) is 0. The van der Waals surface area contributed by atoms with Crippen molar-refractivity contribution in [1.82, 2.24) is 4.67 Å². The van der Waals surface area contributed by atoms with Gasteiger partial charge in [-0.2, -0.15) is 0 Å². The van der Waals surface area contributed by atoms with Gasteiger partial charge in [0.05, 0.1) is 6.61 Å². The lowest BCUT2D eigenvalue weighted by molar-refractivity contribution is 0.256. The molecule has 0 radical (unpaired) electrons. The maximum absolute atomic E-state index is 12.8. The third kappa shape index (κ3) is 3.01. The molecular formula is C11H15Cl2N2O2P. The fourth-order valence-corrected chi connectivity index (χ4v) is 4.40. The Morgan fingerprint density at radius 1 is 1.28 bits per heavy atom. The molecule has 0 aliphatic carbocycles. The van der Waals surface area contributed by atoms with Gasteiger partial charge in [0.2, 0.25) is 0 Å². The molecule has 1 aromatic rings. The minimum atomic E-state index is -3.07. The van der Waals surface area contributed by atoms with Gasteiger partial charge in [0.15, 0.2) is 0 Å². The van der Waals surface area contributed by atoms with Crippen molar-refractivity contribution in [3.63, 3.8) is 0 Å². The van der Waals surface area contributed by atoms with Crippen LogP contribution in [0.1, 0.15) is 5.56 Å². The summed E-state index contributed by atoms with van der Waals surface area (Å²) >= 11 is 11.4. The normalized spacial score (nSPS) is 22.6. The highest BCUT2D eigenvalue weighted by Crippen LogP contribution is 2.54. The maximum atomic E-state index is 12.8. The zero-order chi connectivity index (χ0) is 13.0. The van der Waals surface area contributed by atoms with Gasteiger partial charge in [-0.3, -0.25) is 4.52 Å². The molecule has 1 aromatic carbocycles. The van der Waals surface area contributed by atoms with E-state index in [0.717, 1.165) is 11.3 Å². The first-order valence-electron chi connectivity index (χ1n) is 5.68. The van der Waals surface area contributed by atoms with E-state index in [2.05, 4.69) is 5.09 Å². The quantitative estimate of drug-likeness (QED) is 0.667. The third-order valence-electron chi connectivity index (χ3n) is 2.73. The van der Waals surface area contributed by atoms with Crippen molar-refractivity contribution in [3.8, 4) is 0 Å². The molecule has 1 aliphatic heterocycles. The standard InChI is InChI=1S/C11H15Cl2N2O2P/c12-5-7-15(8-6-13)18(16)14-11-4-2-1-3-10(11)9-17-18/h1-4H,5-9H2,(H,14,16)/t18-/m0/s1. The highest BCUT2D eigenvalue weighted by molar-refractivity contribution is 7.58. The lowest BCUT2D eigenvalue weighted by Gasteiger charge is -2.34. The number of para-hydroxylation sites is 1. The van der Waals surface area contributed by atoms with Crippen molar-refractivity contribution in [2.75, 3.05) is 29.9 Å². The molecule has 0 saturated carbocycles. The molecule has 0 unspecified atom stereocenters. The van der Waals surface area contributed by atoms with Crippen molar-refractivity contribution >= 4 is 36.6 Å². The van der Waals surface area contributed by atoms with E-state index < -0.39 is 7.67 Å². The fraction of sp³-hybridized carbons (Fsp3) is 0.455. The highest BCUT2D eigenvalue weighted by Gasteiger charge is 2.35. The molecule has 100 valence electrons. The number of benzene rings is 1. The number of hydrogen-bond acceptors (Lipinski definition) is 2. The Labute approximate surface area is 117 Å². The average Bonchev–Trinajstić information content (AvgIpc) is 2.38. The maximum Gasteiger partial charge on any atom is 0.369 e. The molecule has 0 bridgehead atoms. The summed E-state index contributed by atoms with van der Waals surface area (Å²) < 4.78 is 19.9. The lowest BCUT2D eigenvalue weighted by Crippen LogP contribution is -2.30. The Morgan fingerprint density at radius 2 is 1.94 bits per heavy atom. The second kappa shape index (κ2) is 6.27. The molecule has 7 heteroatoms. The first-order chi connectivity index (χ1) is 8.69. The van der Waals surface area contributed by atoms with Crippen LogP contribution < -0.4 is 5.09 Å². The molecule has 2 rings (SSSR count). The van der Waals surface area contributed by atoms with E-state index in [4.69, 9.17) is 27.7 Å². The van der Waals surface area contributed by atoms with Gasteiger partial charge >= 0.3 is 7.67 Å². The second-order valence-electron chi connectivity index (χ2n) is 3.89. The molecular weight excluding hydrogens is 294 g/mol. The van der Waals surface area contributed by atoms with Gasteiger partial charge in [-0.25, -0.2) is 9.24 Å². The first kappa shape index (κ1) is 14.2. The smallest absolute Gasteiger partial charge is 0.303 e. The molecule has 1 N–H and O–H groups in total. The van der Waals surface area contributed by atoms with Gasteiger partial charge in [-0.05, 0) is 6.07 Å². The van der Waals surface area contributed by atoms with Gasteiger partial charge in [0, 0.05) is 36.1 Å². The monoisotopic (exact) mass is 308 g/mol. The van der Waals surface area contributed by atoms with Gasteiger partial charge < -0.3 is 5.09 Å². The molecule has 1 heterocycles. The van der Waals surface area contributed by atoms with E-state index in [-0.39, 0.29) is 0 Å². The average molecular weight is 309 g/mol. The van der Waals surface area contributed by atoms with E-state index >= 15 is 0 Å². The summed E-state index contributed by atoms with van der Waals surface area (Å²) in [6, 6.07) is 7.66. The number of hydrogen-bond donors (Lipinski definition) is 1. The largest absolute Gasteiger partial charge is 0.369 e. The molecule has 0 amide bonds. The number of nitrogens with one attached hydrogen (secondary N) is 1. The molecule has 0 aromatic heterocycles. The first-order valence-corrected chi connectivity index (χ1v) is 8.32. The summed E-state index contributed by atoms with van der Waals surface area (Å²) in [6.45, 7) is 1.28. The fourth-order valence-electron chi connectivity index (χ4n) is 1.82. The van der Waals surface area contributed by atoms with E-state index in [9.17, 15) is 4.57 Å². The Morgan fingerprint density at radius 3 is 2.61 bits per heavy atom. The van der Waals surface area contributed by atoms with Crippen LogP contribution in [0.2, 0.25) is 0 Å². The van der Waals surface area contributed by atoms with Crippen molar-refractivity contribution in [1.29, 1.82) is 0 Å². The van der Waals surface area contributed by atoms with E-state index in [1.807, 2.05) is 24.3 Å². The summed E-state index contributed by atoms with van der Waals surface area (Å²) in [5, 5.41) is 2.99. The number of rotatable bonds is 5. The van der Waals surface area contributed by atoms with Crippen molar-refractivity contribution < 1.29 is 9.09 Å². The Hall–Kier alpha value is -0.250. The van der Waals surface area contributed by atoms with Gasteiger partial charge in [-0.15, -0.1) is 23.2 Å². The lowest BCUT2D eigenvalue weighted by atomic mass is 10.2. The summed E-state index contributed by atoms with van der Waals surface area (Å²) in [5.41, 5.74) is 1.85. The van der Waals surface area contributed by atoms with Gasteiger partial charge in [-0.1, -0.05) is 18.2 Å². The van der Waals surface area contributed by atoms with Crippen LogP contribution in [0.5, 0.6) is 0 Å². The molecule has 0 spiro atoms. The van der Waals surface area contributed by atoms with Crippen LogP contribution in [0.3, 0.4) is 0 Å². The number of fused-ring (bicyclic) bond motifs is 1. The van der Waals surface area contributed by atoms with Crippen LogP contribution >= 0.6 is 30.9 Å². The molecule has 1 atom stereocenters. The number of nitrogens with zero attached hydrogens (tertiary/aromatic N) is 1. The van der Waals surface area contributed by atoms with Crippen LogP contribution in [-0.2, 0) is 15.7 Å². The minimum absolute atomic E-state index is 0.335. The van der Waals surface area contributed by atoms with Gasteiger partial charge in [0.25, 0.3) is 0 Å². The zero-order valence-electron chi connectivity index (χ0n) is 9.81. The van der Waals surface area contributed by atoms with Crippen LogP contribution in [0.15, 0.2) is 24.3 Å². The Kier molecular flexibility index (Phi) is 4.93. The zero-order valence-corrected chi connectivity index (χ0v) is 12.2. The van der Waals surface area contributed by atoms with Crippen LogP contribution in [0, 0.1) is 0 Å². The second-order valence-corrected chi connectivity index (χ2v) is 6.74. The molecule has 0 saturated heterocycles. The predicted molar refractivity (Wildman–Crippen MR) is 75.5 cm³/mol. The summed E-state index contributed by atoms with van der Waals surface area (Å²) in [4.78, 5) is 0. The number of anilines is 1. The SMILES string of the molecule is O=[P@@]1(N(CCCl)CCCl)Nc2ccccc2CO1. The summed E-state index contributed by atoms with van der Waals surface area (Å²) in [7, 11) is -3.07. The van der Waals surface area contributed by atoms with Crippen LogP contribution in [0.25, 0.3) is 0 Å². The molecule has 18 heavy (non-hydrogen) atoms. The van der Waals surface area contributed by atoms with Crippen molar-refractivity contribution in [2.24, 2.45) is 0 Å². The Bertz CT molecular complexity index is 452. The number of alkyl halides is 2. The Balaban J connectivity index is 2.20. The minimum Gasteiger partial charge on any atom is -0.303 e. The highest BCUT2D eigenvalue weighted by atomic mass is 35.5. The van der Waals surface area contributed by atoms with Crippen molar-refractivity contribution in [3.05, 3.63) is 29.8 Å². The molecule has 4 nitrogen and oxygen atoms in total. The van der Waals surface area contributed by atoms with E-state index in [1.54, 1.807) is 4.67 Å². The summed E-state index contributed by atoms with van der Waals surface area (Å²) in [5.74, 6) is 0.765. The molecule has 1 aliphatic rings. The topological polar surface area (TPSA) is 41.6 Å². The van der Waals surface area contributed by atoms with Crippen LogP contribution in [-0.4, -0.2) is 29.5 Å². The third-order valence-corrected chi connectivity index (χ3v) is 5.22. The van der Waals surface area contributed by atoms with E-state index in [0.29, 0.717) is 31.5 Å². The van der Waals surface area contributed by atoms with E-state index in [1.165, 1.54) is 0 Å². The number of halogens is 2.